The number of esters is 2. The number of carbonyl (C=O) groups excluding carboxylic acids is 6. The highest BCUT2D eigenvalue weighted by molar-refractivity contribution is 7.80. The van der Waals surface area contributed by atoms with Crippen molar-refractivity contribution in [1.29, 1.82) is 0 Å². The van der Waals surface area contributed by atoms with Crippen LogP contribution in [0.4, 0.5) is 4.79 Å². The fraction of sp³-hybridized carbons (Fsp3) is 0.800. The summed E-state index contributed by atoms with van der Waals surface area (Å²) in [5.41, 5.74) is 4.65. The molecule has 10 N–H and O–H groups in total. The van der Waals surface area contributed by atoms with E-state index in [9.17, 15) is 52.3 Å². The molecule has 4 amide bonds. The van der Waals surface area contributed by atoms with Crippen molar-refractivity contribution in [3.63, 3.8) is 0 Å². The summed E-state index contributed by atoms with van der Waals surface area (Å²) < 4.78 is 71.2. The minimum Gasteiger partial charge on any atom is -0.463 e. The van der Waals surface area contributed by atoms with E-state index in [-0.39, 0.29) is 51.2 Å². The molecule has 1 aliphatic carbocycles. The van der Waals surface area contributed by atoms with E-state index in [4.69, 9.17) is 34.2 Å². The molecule has 14 atom stereocenters. The highest BCUT2D eigenvalue weighted by atomic mass is 32.3. The van der Waals surface area contributed by atoms with Crippen LogP contribution in [0.25, 0.3) is 0 Å². The Hall–Kier alpha value is -4.74. The zero-order valence-corrected chi connectivity index (χ0v) is 42.2. The molecule has 0 unspecified atom stereocenters. The topological polar surface area (TPSA) is 372 Å². The molecular weight excluding hydrogens is 975 g/mol. The van der Waals surface area contributed by atoms with Crippen molar-refractivity contribution < 1.29 is 89.7 Å². The Bertz CT molecular complexity index is 2080. The van der Waals surface area contributed by atoms with Gasteiger partial charge >= 0.3 is 28.4 Å². The number of carbonyl (C=O) groups is 6. The molecule has 5 rings (SSSR count). The summed E-state index contributed by atoms with van der Waals surface area (Å²) in [5.74, 6) is -4.57. The summed E-state index contributed by atoms with van der Waals surface area (Å²) in [6.07, 6.45) is -8.17. The Morgan fingerprint density at radius 3 is 2.39 bits per heavy atom. The minimum absolute atomic E-state index is 0.0158. The van der Waals surface area contributed by atoms with E-state index < -0.39 is 144 Å². The number of rotatable bonds is 26. The van der Waals surface area contributed by atoms with Gasteiger partial charge in [-0.1, -0.05) is 65.9 Å². The number of aliphatic hydroxyl groups excluding tert-OH is 3. The van der Waals surface area contributed by atoms with Gasteiger partial charge in [-0.15, -0.1) is 0 Å². The van der Waals surface area contributed by atoms with Crippen molar-refractivity contribution >= 4 is 52.1 Å². The van der Waals surface area contributed by atoms with Crippen LogP contribution >= 0.6 is 0 Å². The molecule has 1 spiro atoms. The van der Waals surface area contributed by atoms with E-state index in [1.807, 2.05) is 19.9 Å². The zero-order valence-electron chi connectivity index (χ0n) is 41.4. The molecule has 0 aromatic carbocycles. The largest absolute Gasteiger partial charge is 0.463 e. The Labute approximate surface area is 418 Å². The Morgan fingerprint density at radius 1 is 1.04 bits per heavy atom. The molecule has 27 heteroatoms. The Morgan fingerprint density at radius 2 is 1.74 bits per heavy atom. The van der Waals surface area contributed by atoms with Gasteiger partial charge in [-0.05, 0) is 37.2 Å². The summed E-state index contributed by atoms with van der Waals surface area (Å²) in [7, 11) is -3.97. The molecule has 0 aromatic rings. The third-order valence-electron chi connectivity index (χ3n) is 13.7. The SMILES string of the molecule is CCCCCC(=O)OC[C@H]1O[C@H](O[C@@H]2C[C@@H]3[C@H](O)[C@@]4(C2)OC(=O)N[C@H]4[C@H](C(=O)NCCC2=CCNC(N)=NC2)N3C(=O)[C@H](NC(=O)[C@H](COS(=O)(=O)O)OC)[C@H](C)CC)[C@H](OC(=O)CCCCC)[C@@H](O)[C@@H]1O. The van der Waals surface area contributed by atoms with Gasteiger partial charge in [0.1, 0.15) is 55.8 Å². The molecule has 3 saturated heterocycles. The molecule has 1 saturated carbocycles. The fourth-order valence-electron chi connectivity index (χ4n) is 9.56. The predicted octanol–water partition coefficient (Wildman–Crippen LogP) is -1.27. The van der Waals surface area contributed by atoms with Crippen LogP contribution < -0.4 is 27.0 Å². The highest BCUT2D eigenvalue weighted by Gasteiger charge is 2.70. The quantitative estimate of drug-likeness (QED) is 0.0160. The van der Waals surface area contributed by atoms with Crippen LogP contribution in [0.1, 0.15) is 105 Å². The molecule has 0 aromatic heterocycles. The average Bonchev–Trinajstić information content (AvgIpc) is 3.50. The van der Waals surface area contributed by atoms with Crippen molar-refractivity contribution in [2.24, 2.45) is 16.6 Å². The minimum atomic E-state index is -5.02. The van der Waals surface area contributed by atoms with Crippen LogP contribution in [0, 0.1) is 5.92 Å². The Balaban J connectivity index is 1.52. The molecule has 4 aliphatic heterocycles. The van der Waals surface area contributed by atoms with Gasteiger partial charge in [0.2, 0.25) is 11.8 Å². The van der Waals surface area contributed by atoms with Gasteiger partial charge in [0.05, 0.1) is 18.7 Å². The van der Waals surface area contributed by atoms with Crippen molar-refractivity contribution in [2.45, 2.75) is 184 Å². The summed E-state index contributed by atoms with van der Waals surface area (Å²) >= 11 is 0. The van der Waals surface area contributed by atoms with Crippen molar-refractivity contribution in [3.8, 4) is 0 Å². The van der Waals surface area contributed by atoms with E-state index in [1.54, 1.807) is 13.8 Å². The van der Waals surface area contributed by atoms with Crippen molar-refractivity contribution in [3.05, 3.63) is 11.6 Å². The van der Waals surface area contributed by atoms with Gasteiger partial charge in [0, 0.05) is 39.5 Å². The maximum absolute atomic E-state index is 15.4. The lowest BCUT2D eigenvalue weighted by molar-refractivity contribution is -0.324. The molecular formula is C45H73N7O19S. The number of unbranched alkanes of at least 4 members (excludes halogenated alkanes) is 4. The second-order valence-corrected chi connectivity index (χ2v) is 19.8. The first kappa shape index (κ1) is 58.2. The standard InChI is InChI=1S/C45H73N7O19S/c1-6-9-11-13-30(53)66-22-28-34(55)35(56)36(70-31(54)14-12-10-7-2)42(69-28)68-26-19-27-38(57)45(20-26)37(51-44(61)71-45)33(40(59)47-17-15-25-16-18-48-43(46)49-21-25)52(27)41(60)32(24(4)8-3)50-39(58)29(65-5)23-67-72(62,63)64/h16,24,26-29,32-38,42,55-57H,6-15,17-23H2,1-5H3,(H,47,59)(H,50,58)(H,51,61)(H3,46,48,49)(H,62,63,64)/t24-,26-,27-,28-,29+,32-,33-,34-,35+,36-,37+,38+,42+,45+/m1/s1. The van der Waals surface area contributed by atoms with Gasteiger partial charge in [-0.25, -0.2) is 14.0 Å². The second-order valence-electron chi connectivity index (χ2n) is 18.7. The number of ether oxygens (including phenoxy) is 6. The molecule has 408 valence electrons. The monoisotopic (exact) mass is 1050 g/mol. The van der Waals surface area contributed by atoms with E-state index in [0.717, 1.165) is 36.8 Å². The van der Waals surface area contributed by atoms with Crippen LogP contribution in [-0.4, -0.2) is 194 Å². The van der Waals surface area contributed by atoms with Crippen molar-refractivity contribution in [2.75, 3.05) is 40.0 Å². The molecule has 5 aliphatic rings. The lowest BCUT2D eigenvalue weighted by atomic mass is 9.66. The van der Waals surface area contributed by atoms with Crippen LogP contribution in [-0.2, 0) is 67.0 Å². The van der Waals surface area contributed by atoms with E-state index >= 15 is 4.79 Å². The molecule has 72 heavy (non-hydrogen) atoms. The number of nitrogens with zero attached hydrogens (tertiary/aromatic N) is 2. The number of nitrogens with one attached hydrogen (secondary N) is 4. The molecule has 2 bridgehead atoms. The number of nitrogens with two attached hydrogens (primary N) is 1. The van der Waals surface area contributed by atoms with Crippen molar-refractivity contribution in [1.82, 2.24) is 26.2 Å². The van der Waals surface area contributed by atoms with Gasteiger partial charge in [-0.2, -0.15) is 8.42 Å². The first-order valence-electron chi connectivity index (χ1n) is 24.6. The molecule has 4 fully saturated rings. The normalized spacial score (nSPS) is 30.3. The third-order valence-corrected chi connectivity index (χ3v) is 14.1. The van der Waals surface area contributed by atoms with Gasteiger partial charge in [0.25, 0.3) is 5.91 Å². The van der Waals surface area contributed by atoms with Crippen LogP contribution in [0.2, 0.25) is 0 Å². The van der Waals surface area contributed by atoms with Gasteiger partial charge in [0.15, 0.2) is 30.1 Å². The molecule has 0 radical (unpaired) electrons. The molecule has 26 nitrogen and oxygen atoms in total. The number of aliphatic imine (C=N–C) groups is 1. The number of methoxy groups -OCH3 is 1. The maximum Gasteiger partial charge on any atom is 0.408 e. The fourth-order valence-corrected chi connectivity index (χ4v) is 9.86. The summed E-state index contributed by atoms with van der Waals surface area (Å²) in [5, 5.41) is 46.1. The molecule has 4 heterocycles. The van der Waals surface area contributed by atoms with Gasteiger partial charge < -0.3 is 75.6 Å². The second kappa shape index (κ2) is 26.5. The number of guanidine groups is 1. The van der Waals surface area contributed by atoms with E-state index in [0.29, 0.717) is 32.2 Å². The number of fused-ring (bicyclic) bond motifs is 1. The van der Waals surface area contributed by atoms with E-state index in [2.05, 4.69) is 30.4 Å². The Kier molecular flexibility index (Phi) is 21.4. The van der Waals surface area contributed by atoms with E-state index in [1.165, 1.54) is 0 Å². The smallest absolute Gasteiger partial charge is 0.408 e. The summed E-state index contributed by atoms with van der Waals surface area (Å²) in [6, 6.07) is -6.10. The number of hydrogen-bond donors (Lipinski definition) is 9. The first-order valence-corrected chi connectivity index (χ1v) is 26.0. The van der Waals surface area contributed by atoms with Crippen LogP contribution in [0.3, 0.4) is 0 Å². The number of aliphatic hydroxyl groups is 3. The first-order chi connectivity index (χ1) is 34.2. The van der Waals surface area contributed by atoms with Crippen LogP contribution in [0.5, 0.6) is 0 Å². The summed E-state index contributed by atoms with van der Waals surface area (Å²) in [6.45, 7) is 6.36. The number of piperidine rings is 1. The third kappa shape index (κ3) is 14.7. The lowest BCUT2D eigenvalue weighted by Crippen LogP contribution is -2.80. The highest BCUT2D eigenvalue weighted by Crippen LogP contribution is 2.48. The zero-order chi connectivity index (χ0) is 52.9. The van der Waals surface area contributed by atoms with Crippen LogP contribution in [0.15, 0.2) is 16.6 Å². The number of amides is 4. The number of hydrogen-bond acceptors (Lipinski definition) is 21. The average molecular weight is 1050 g/mol. The number of alkyl carbamates (subject to hydrolysis) is 1. The predicted molar refractivity (Wildman–Crippen MR) is 250 cm³/mol. The summed E-state index contributed by atoms with van der Waals surface area (Å²) in [4.78, 5) is 88.4. The lowest BCUT2D eigenvalue weighted by Gasteiger charge is -2.58. The number of likely N-dealkylation sites (tertiary alicyclic amines) is 1. The van der Waals surface area contributed by atoms with Gasteiger partial charge in [-0.3, -0.25) is 28.5 Å². The maximum atomic E-state index is 15.4.